The maximum absolute atomic E-state index is 12.1. The highest BCUT2D eigenvalue weighted by atomic mass is 16.5. The summed E-state index contributed by atoms with van der Waals surface area (Å²) in [5, 5.41) is 7.00. The predicted octanol–water partition coefficient (Wildman–Crippen LogP) is 2.30. The monoisotopic (exact) mass is 357 g/mol. The van der Waals surface area contributed by atoms with E-state index < -0.39 is 0 Å². The van der Waals surface area contributed by atoms with Gasteiger partial charge in [-0.3, -0.25) is 9.78 Å². The second-order valence-electron chi connectivity index (χ2n) is 7.15. The largest absolute Gasteiger partial charge is 0.356 e. The highest BCUT2D eigenvalue weighted by Gasteiger charge is 2.22. The Bertz CT molecular complexity index is 701. The Morgan fingerprint density at radius 1 is 1.46 bits per heavy atom. The van der Waals surface area contributed by atoms with E-state index in [9.17, 15) is 4.79 Å². The van der Waals surface area contributed by atoms with Crippen LogP contribution in [0.5, 0.6) is 0 Å². The van der Waals surface area contributed by atoms with E-state index in [2.05, 4.69) is 39.2 Å². The molecule has 0 saturated carbocycles. The summed E-state index contributed by atoms with van der Waals surface area (Å²) < 4.78 is 5.23. The topological polar surface area (TPSA) is 84.2 Å². The van der Waals surface area contributed by atoms with E-state index in [0.717, 1.165) is 18.7 Å². The summed E-state index contributed by atoms with van der Waals surface area (Å²) in [6.45, 7) is 7.43. The lowest BCUT2D eigenvalue weighted by Gasteiger charge is -2.35. The van der Waals surface area contributed by atoms with E-state index in [-0.39, 0.29) is 5.91 Å². The zero-order chi connectivity index (χ0) is 18.4. The maximum atomic E-state index is 12.1. The first-order valence-electron chi connectivity index (χ1n) is 9.35. The Morgan fingerprint density at radius 2 is 2.35 bits per heavy atom. The van der Waals surface area contributed by atoms with Crippen molar-refractivity contribution in [2.24, 2.45) is 5.92 Å². The Labute approximate surface area is 154 Å². The molecule has 1 amide bonds. The number of nitrogens with one attached hydrogen (secondary N) is 1. The number of aryl methyl sites for hydroxylation is 1. The lowest BCUT2D eigenvalue weighted by Crippen LogP contribution is -2.43. The van der Waals surface area contributed by atoms with Gasteiger partial charge in [-0.05, 0) is 51.3 Å². The number of carbonyl (C=O) groups excluding carboxylic acids is 1. The van der Waals surface area contributed by atoms with E-state index in [0.29, 0.717) is 36.5 Å². The Morgan fingerprint density at radius 3 is 3.12 bits per heavy atom. The molecule has 140 valence electrons. The number of hydrogen-bond acceptors (Lipinski definition) is 6. The molecule has 0 aromatic carbocycles. The summed E-state index contributed by atoms with van der Waals surface area (Å²) in [5.74, 6) is 1.55. The van der Waals surface area contributed by atoms with Crippen molar-refractivity contribution < 1.29 is 9.32 Å². The molecule has 7 heteroatoms. The van der Waals surface area contributed by atoms with Crippen LogP contribution in [0.4, 0.5) is 0 Å². The van der Waals surface area contributed by atoms with E-state index >= 15 is 0 Å². The number of piperidine rings is 1. The molecule has 0 spiro atoms. The molecule has 3 heterocycles. The average molecular weight is 357 g/mol. The van der Waals surface area contributed by atoms with E-state index in [1.165, 1.54) is 19.4 Å². The van der Waals surface area contributed by atoms with Gasteiger partial charge in [-0.2, -0.15) is 4.98 Å². The fourth-order valence-corrected chi connectivity index (χ4v) is 3.27. The molecule has 0 bridgehead atoms. The van der Waals surface area contributed by atoms with Crippen molar-refractivity contribution in [2.45, 2.75) is 45.6 Å². The molecule has 1 atom stereocenters. The summed E-state index contributed by atoms with van der Waals surface area (Å²) in [4.78, 5) is 23.0. The van der Waals surface area contributed by atoms with E-state index in [1.54, 1.807) is 12.4 Å². The normalized spacial score (nSPS) is 18.2. The van der Waals surface area contributed by atoms with Crippen molar-refractivity contribution in [3.8, 4) is 11.4 Å². The SMILES string of the molecule is CC(C)N1CCCC(CNC(=O)CCc2nc(-c3cccnc3)no2)C1. The fraction of sp³-hybridized carbons (Fsp3) is 0.579. The minimum Gasteiger partial charge on any atom is -0.356 e. The highest BCUT2D eigenvalue weighted by Crippen LogP contribution is 2.18. The van der Waals surface area contributed by atoms with Gasteiger partial charge in [0.05, 0.1) is 0 Å². The van der Waals surface area contributed by atoms with Gasteiger partial charge >= 0.3 is 0 Å². The molecule has 1 N–H and O–H groups in total. The fourth-order valence-electron chi connectivity index (χ4n) is 3.27. The number of pyridine rings is 1. The van der Waals surface area contributed by atoms with Crippen LogP contribution in [-0.2, 0) is 11.2 Å². The first kappa shape index (κ1) is 18.5. The van der Waals surface area contributed by atoms with Crippen molar-refractivity contribution in [2.75, 3.05) is 19.6 Å². The molecule has 26 heavy (non-hydrogen) atoms. The molecule has 0 radical (unpaired) electrons. The zero-order valence-electron chi connectivity index (χ0n) is 15.5. The van der Waals surface area contributed by atoms with Gasteiger partial charge in [0, 0.05) is 49.9 Å². The van der Waals surface area contributed by atoms with Gasteiger partial charge in [-0.25, -0.2) is 0 Å². The molecular formula is C19H27N5O2. The standard InChI is InChI=1S/C19H27N5O2/c1-14(2)24-10-4-5-15(13-24)11-21-17(25)7-8-18-22-19(23-26-18)16-6-3-9-20-12-16/h3,6,9,12,14-15H,4-5,7-8,10-11,13H2,1-2H3,(H,21,25). The van der Waals surface area contributed by atoms with Crippen LogP contribution in [0, 0.1) is 5.92 Å². The molecule has 3 rings (SSSR count). The van der Waals surface area contributed by atoms with Crippen molar-refractivity contribution in [3.05, 3.63) is 30.4 Å². The molecule has 1 unspecified atom stereocenters. The molecule has 2 aromatic rings. The summed E-state index contributed by atoms with van der Waals surface area (Å²) >= 11 is 0. The maximum Gasteiger partial charge on any atom is 0.227 e. The molecular weight excluding hydrogens is 330 g/mol. The number of nitrogens with zero attached hydrogens (tertiary/aromatic N) is 4. The lowest BCUT2D eigenvalue weighted by molar-refractivity contribution is -0.121. The van der Waals surface area contributed by atoms with Gasteiger partial charge < -0.3 is 14.7 Å². The van der Waals surface area contributed by atoms with Gasteiger partial charge in [0.15, 0.2) is 0 Å². The Balaban J connectivity index is 1.41. The number of aromatic nitrogens is 3. The smallest absolute Gasteiger partial charge is 0.227 e. The van der Waals surface area contributed by atoms with Crippen molar-refractivity contribution in [1.29, 1.82) is 0 Å². The number of hydrogen-bond donors (Lipinski definition) is 1. The molecule has 7 nitrogen and oxygen atoms in total. The summed E-state index contributed by atoms with van der Waals surface area (Å²) in [7, 11) is 0. The third kappa shape index (κ3) is 5.11. The van der Waals surface area contributed by atoms with E-state index in [4.69, 9.17) is 4.52 Å². The van der Waals surface area contributed by atoms with Crippen LogP contribution in [0.2, 0.25) is 0 Å². The number of likely N-dealkylation sites (tertiary alicyclic amines) is 1. The minimum absolute atomic E-state index is 0.0350. The average Bonchev–Trinajstić information content (AvgIpc) is 3.15. The molecule has 1 aliphatic rings. The number of carbonyl (C=O) groups is 1. The molecule has 1 fully saturated rings. The van der Waals surface area contributed by atoms with E-state index in [1.807, 2.05) is 12.1 Å². The second-order valence-corrected chi connectivity index (χ2v) is 7.15. The van der Waals surface area contributed by atoms with Gasteiger partial charge in [0.1, 0.15) is 0 Å². The van der Waals surface area contributed by atoms with Crippen molar-refractivity contribution in [1.82, 2.24) is 25.3 Å². The quantitative estimate of drug-likeness (QED) is 0.818. The lowest BCUT2D eigenvalue weighted by atomic mass is 9.97. The first-order chi connectivity index (χ1) is 12.6. The highest BCUT2D eigenvalue weighted by molar-refractivity contribution is 5.76. The van der Waals surface area contributed by atoms with Crippen LogP contribution >= 0.6 is 0 Å². The summed E-state index contributed by atoms with van der Waals surface area (Å²) in [5.41, 5.74) is 0.805. The Kier molecular flexibility index (Phi) is 6.33. The van der Waals surface area contributed by atoms with Crippen molar-refractivity contribution in [3.63, 3.8) is 0 Å². The molecule has 1 saturated heterocycles. The predicted molar refractivity (Wildman–Crippen MR) is 98.3 cm³/mol. The van der Waals surface area contributed by atoms with Crippen LogP contribution in [0.1, 0.15) is 39.0 Å². The zero-order valence-corrected chi connectivity index (χ0v) is 15.5. The van der Waals surface area contributed by atoms with Crippen LogP contribution in [-0.4, -0.2) is 51.6 Å². The van der Waals surface area contributed by atoms with Crippen molar-refractivity contribution >= 4 is 5.91 Å². The van der Waals surface area contributed by atoms with Gasteiger partial charge in [-0.15, -0.1) is 0 Å². The van der Waals surface area contributed by atoms with Crippen LogP contribution in [0.25, 0.3) is 11.4 Å². The molecule has 0 aliphatic carbocycles. The van der Waals surface area contributed by atoms with Gasteiger partial charge in [-0.1, -0.05) is 5.16 Å². The first-order valence-corrected chi connectivity index (χ1v) is 9.35. The second kappa shape index (κ2) is 8.89. The van der Waals surface area contributed by atoms with Gasteiger partial charge in [0.25, 0.3) is 0 Å². The Hall–Kier alpha value is -2.28. The summed E-state index contributed by atoms with van der Waals surface area (Å²) in [6, 6.07) is 4.27. The number of amides is 1. The van der Waals surface area contributed by atoms with Crippen LogP contribution < -0.4 is 5.32 Å². The van der Waals surface area contributed by atoms with Gasteiger partial charge in [0.2, 0.25) is 17.6 Å². The third-order valence-corrected chi connectivity index (χ3v) is 4.82. The van der Waals surface area contributed by atoms with Crippen LogP contribution in [0.3, 0.4) is 0 Å². The molecule has 2 aromatic heterocycles. The molecule has 1 aliphatic heterocycles. The third-order valence-electron chi connectivity index (χ3n) is 4.82. The summed E-state index contributed by atoms with van der Waals surface area (Å²) in [6.07, 6.45) is 6.57. The minimum atomic E-state index is 0.0350. The van der Waals surface area contributed by atoms with Crippen LogP contribution in [0.15, 0.2) is 29.0 Å². The number of rotatable bonds is 7.